The molecule has 18 nitrogen and oxygen atoms in total. The number of benzene rings is 6. The SMILES string of the molecule is Br.Br.COc1cc2c(Oc3ccc(NC(=S)NC(=O)Cc4ccccc4)cc3F)ncnc2cc1OCC1CC2CN(C)CC2C1.COc1cc2c(Oc3ccc(NC(=S)NC(=O)Cc4ccccc4)cc3F)ncnc2cc1OCC1CC2CNCC2C1. The van der Waals surface area contributed by atoms with Crippen molar-refractivity contribution in [1.29, 1.82) is 0 Å². The van der Waals surface area contributed by atoms with Crippen LogP contribution in [0.15, 0.2) is 134 Å². The molecular weight excluding hydrogens is 1310 g/mol. The van der Waals surface area contributed by atoms with Crippen LogP contribution in [-0.2, 0) is 22.4 Å². The predicted octanol–water partition coefficient (Wildman–Crippen LogP) is 12.0. The number of hydrogen-bond acceptors (Lipinski definition) is 16. The van der Waals surface area contributed by atoms with Gasteiger partial charge in [0.05, 0.1) is 62.1 Å². The van der Waals surface area contributed by atoms with Crippen LogP contribution in [0.4, 0.5) is 20.2 Å². The minimum atomic E-state index is -0.640. The number of likely N-dealkylation sites (tertiary alicyclic amines) is 1. The van der Waals surface area contributed by atoms with E-state index in [1.807, 2.05) is 66.7 Å². The molecular formula is C65H68Br2F2N10O8S2. The van der Waals surface area contributed by atoms with Crippen molar-refractivity contribution in [3.8, 4) is 46.3 Å². The Bertz CT molecular complexity index is 3790. The lowest BCUT2D eigenvalue weighted by molar-refractivity contribution is -0.119. The van der Waals surface area contributed by atoms with Crippen molar-refractivity contribution in [3.05, 3.63) is 157 Å². The second-order valence-corrected chi connectivity index (χ2v) is 23.3. The molecule has 4 atom stereocenters. The molecule has 2 aliphatic heterocycles. The van der Waals surface area contributed by atoms with Gasteiger partial charge in [0.15, 0.2) is 56.4 Å². The van der Waals surface area contributed by atoms with Gasteiger partial charge < -0.3 is 59.9 Å². The van der Waals surface area contributed by atoms with Crippen molar-refractivity contribution in [2.45, 2.75) is 38.5 Å². The summed E-state index contributed by atoms with van der Waals surface area (Å²) in [6.07, 6.45) is 7.78. The van der Waals surface area contributed by atoms with Gasteiger partial charge in [-0.15, -0.1) is 34.0 Å². The number of nitrogens with one attached hydrogen (secondary N) is 5. The van der Waals surface area contributed by atoms with E-state index in [-0.39, 0.29) is 92.1 Å². The molecule has 4 aliphatic rings. The molecule has 0 radical (unpaired) electrons. The molecule has 466 valence electrons. The molecule has 6 aromatic carbocycles. The van der Waals surface area contributed by atoms with Crippen LogP contribution in [-0.4, -0.2) is 108 Å². The van der Waals surface area contributed by atoms with Gasteiger partial charge >= 0.3 is 0 Å². The molecule has 2 amide bonds. The Morgan fingerprint density at radius 2 is 0.966 bits per heavy atom. The second-order valence-electron chi connectivity index (χ2n) is 22.4. The molecule has 89 heavy (non-hydrogen) atoms. The third-order valence-electron chi connectivity index (χ3n) is 16.2. The molecule has 4 heterocycles. The molecule has 2 saturated carbocycles. The van der Waals surface area contributed by atoms with E-state index in [0.29, 0.717) is 81.2 Å². The number of carbonyl (C=O) groups excluding carboxylic acids is 2. The summed E-state index contributed by atoms with van der Waals surface area (Å²) < 4.78 is 65.7. The van der Waals surface area contributed by atoms with Gasteiger partial charge in [-0.1, -0.05) is 60.7 Å². The maximum atomic E-state index is 15.1. The summed E-state index contributed by atoms with van der Waals surface area (Å²) in [5.74, 6) is 4.73. The maximum Gasteiger partial charge on any atom is 0.230 e. The van der Waals surface area contributed by atoms with Crippen LogP contribution in [0.25, 0.3) is 21.8 Å². The normalized spacial score (nSPS) is 18.8. The first-order valence-electron chi connectivity index (χ1n) is 28.8. The molecule has 2 aromatic heterocycles. The topological polar surface area (TPSA) is 204 Å². The summed E-state index contributed by atoms with van der Waals surface area (Å²) in [6.45, 7) is 5.77. The van der Waals surface area contributed by atoms with Gasteiger partial charge in [-0.3, -0.25) is 9.59 Å². The highest BCUT2D eigenvalue weighted by molar-refractivity contribution is 8.93. The lowest BCUT2D eigenvalue weighted by Gasteiger charge is -2.17. The van der Waals surface area contributed by atoms with Gasteiger partial charge in [0.1, 0.15) is 12.7 Å². The molecule has 24 heteroatoms. The van der Waals surface area contributed by atoms with E-state index < -0.39 is 11.6 Å². The van der Waals surface area contributed by atoms with E-state index in [9.17, 15) is 9.59 Å². The molecule has 8 aromatic rings. The smallest absolute Gasteiger partial charge is 0.230 e. The lowest BCUT2D eigenvalue weighted by atomic mass is 10.0. The van der Waals surface area contributed by atoms with Gasteiger partial charge in [0.2, 0.25) is 23.6 Å². The largest absolute Gasteiger partial charge is 0.493 e. The van der Waals surface area contributed by atoms with Crippen LogP contribution < -0.4 is 55.0 Å². The number of fused-ring (bicyclic) bond motifs is 4. The highest BCUT2D eigenvalue weighted by Gasteiger charge is 2.40. The van der Waals surface area contributed by atoms with Crippen LogP contribution in [0.2, 0.25) is 0 Å². The molecule has 4 unspecified atom stereocenters. The van der Waals surface area contributed by atoms with E-state index in [2.05, 4.69) is 58.5 Å². The number of ether oxygens (including phenoxy) is 6. The Morgan fingerprint density at radius 3 is 1.37 bits per heavy atom. The number of halogens is 4. The Hall–Kier alpha value is -7.74. The molecule has 2 saturated heterocycles. The van der Waals surface area contributed by atoms with Gasteiger partial charge in [-0.2, -0.15) is 0 Å². The van der Waals surface area contributed by atoms with E-state index in [1.165, 1.54) is 75.7 Å². The molecule has 5 N–H and O–H groups in total. The zero-order chi connectivity index (χ0) is 60.4. The average molecular weight is 1380 g/mol. The monoisotopic (exact) mass is 1380 g/mol. The number of carbonyl (C=O) groups is 2. The summed E-state index contributed by atoms with van der Waals surface area (Å²) in [6, 6.07) is 34.3. The zero-order valence-corrected chi connectivity index (χ0v) is 54.1. The predicted molar refractivity (Wildman–Crippen MR) is 356 cm³/mol. The number of thiocarbonyl (C=S) groups is 2. The van der Waals surface area contributed by atoms with Crippen molar-refractivity contribution in [1.82, 2.24) is 40.8 Å². The highest BCUT2D eigenvalue weighted by atomic mass is 79.9. The van der Waals surface area contributed by atoms with Crippen LogP contribution in [0, 0.1) is 47.1 Å². The first-order chi connectivity index (χ1) is 42.3. The van der Waals surface area contributed by atoms with Crippen LogP contribution in [0.3, 0.4) is 0 Å². The van der Waals surface area contributed by atoms with E-state index in [0.717, 1.165) is 47.9 Å². The number of hydrogen-bond donors (Lipinski definition) is 5. The second kappa shape index (κ2) is 30.6. The maximum absolute atomic E-state index is 15.1. The van der Waals surface area contributed by atoms with Crippen molar-refractivity contribution < 1.29 is 46.8 Å². The Kier molecular flexibility index (Phi) is 22.6. The quantitative estimate of drug-likeness (QED) is 0.0507. The fraction of sp³-hybridized carbons (Fsp3) is 0.323. The summed E-state index contributed by atoms with van der Waals surface area (Å²) in [7, 11) is 5.34. The van der Waals surface area contributed by atoms with Crippen LogP contribution >= 0.6 is 58.4 Å². The first kappa shape index (κ1) is 65.7. The van der Waals surface area contributed by atoms with Gasteiger partial charge in [0, 0.05) is 48.7 Å². The molecule has 4 fully saturated rings. The van der Waals surface area contributed by atoms with E-state index in [4.69, 9.17) is 52.9 Å². The minimum absolute atomic E-state index is 0. The van der Waals surface area contributed by atoms with Crippen LogP contribution in [0.1, 0.15) is 36.8 Å². The Morgan fingerprint density at radius 1 is 0.551 bits per heavy atom. The number of aromatic nitrogens is 4. The van der Waals surface area contributed by atoms with Crippen molar-refractivity contribution >= 4 is 114 Å². The summed E-state index contributed by atoms with van der Waals surface area (Å²) in [5, 5.41) is 15.6. The van der Waals surface area contributed by atoms with Gasteiger partial charge in [-0.05, 0) is 153 Å². The Labute approximate surface area is 546 Å². The molecule has 2 aliphatic carbocycles. The minimum Gasteiger partial charge on any atom is -0.493 e. The number of amides is 2. The van der Waals surface area contributed by atoms with Crippen molar-refractivity contribution in [2.75, 3.05) is 71.3 Å². The van der Waals surface area contributed by atoms with Gasteiger partial charge in [0.25, 0.3) is 0 Å². The number of rotatable bonds is 18. The number of methoxy groups -OCH3 is 2. The summed E-state index contributed by atoms with van der Waals surface area (Å²) in [4.78, 5) is 44.2. The average Bonchev–Trinajstić information content (AvgIpc) is 2.60. The number of nitrogens with zero attached hydrogens (tertiary/aromatic N) is 5. The Balaban J connectivity index is 0.000000207. The van der Waals surface area contributed by atoms with Gasteiger partial charge in [-0.25, -0.2) is 28.7 Å². The third kappa shape index (κ3) is 17.0. The van der Waals surface area contributed by atoms with Crippen LogP contribution in [0.5, 0.6) is 46.3 Å². The first-order valence-corrected chi connectivity index (χ1v) is 29.7. The highest BCUT2D eigenvalue weighted by Crippen LogP contribution is 2.44. The van der Waals surface area contributed by atoms with Crippen molar-refractivity contribution in [2.24, 2.45) is 35.5 Å². The lowest BCUT2D eigenvalue weighted by Crippen LogP contribution is -2.35. The van der Waals surface area contributed by atoms with E-state index in [1.54, 1.807) is 44.6 Å². The summed E-state index contributed by atoms with van der Waals surface area (Å²) in [5.41, 5.74) is 3.60. The standard InChI is InChI=1S/C33H34FN5O4S.C32H32FN5O4S.2BrH/c1-39-16-22-10-21(11-23(22)17-39)18-42-30-15-27-25(14-29(30)41-2)32(36-19-35-27)43-28-9-8-24(13-26(28)34)37-33(44)38-31(40)12-20-6-4-3-5-7-20;1-40-28-13-24-26(14-29(28)41-17-20-9-21-15-34-16-22(21)10-20)35-18-36-31(24)42-27-8-7-23(12-25(27)33)37-32(43)38-30(39)11-19-5-3-2-4-6-19;;/h3-9,13-15,19,21-23H,10-12,16-18H2,1-2H3,(H2,37,38,40,44);2-8,12-14,18,20-22,34H,9-11,15-17H2,1H3,(H2,37,38,39,43);2*1H. The fourth-order valence-corrected chi connectivity index (χ4v) is 12.7. The third-order valence-corrected chi connectivity index (χ3v) is 16.6. The van der Waals surface area contributed by atoms with Crippen molar-refractivity contribution in [3.63, 3.8) is 0 Å². The summed E-state index contributed by atoms with van der Waals surface area (Å²) >= 11 is 10.5. The van der Waals surface area contributed by atoms with E-state index >= 15 is 8.78 Å². The fourth-order valence-electron chi connectivity index (χ4n) is 12.2. The molecule has 0 spiro atoms. The molecule has 0 bridgehead atoms. The molecule has 12 rings (SSSR count). The zero-order valence-electron chi connectivity index (χ0n) is 49.0. The number of anilines is 2.